The van der Waals surface area contributed by atoms with Gasteiger partial charge in [0.1, 0.15) is 0 Å². The molecule has 1 heterocycles. The zero-order chi connectivity index (χ0) is 23.9. The summed E-state index contributed by atoms with van der Waals surface area (Å²) in [6.07, 6.45) is 2.79. The van der Waals surface area contributed by atoms with Crippen LogP contribution in [0.4, 0.5) is 17.1 Å². The van der Waals surface area contributed by atoms with Gasteiger partial charge in [-0.05, 0) is 35.9 Å². The van der Waals surface area contributed by atoms with E-state index < -0.39 is 10.8 Å². The predicted octanol–water partition coefficient (Wildman–Crippen LogP) is 4.21. The van der Waals surface area contributed by atoms with Crippen LogP contribution in [0.2, 0.25) is 0 Å². The summed E-state index contributed by atoms with van der Waals surface area (Å²) >= 11 is 0. The van der Waals surface area contributed by atoms with Crippen molar-refractivity contribution in [2.45, 2.75) is 0 Å². The smallest absolute Gasteiger partial charge is 0.270 e. The number of nitrogens with zero attached hydrogens (tertiary/aromatic N) is 3. The van der Waals surface area contributed by atoms with Crippen LogP contribution in [0.1, 0.15) is 15.9 Å². The van der Waals surface area contributed by atoms with E-state index in [1.54, 1.807) is 41.3 Å². The van der Waals surface area contributed by atoms with Crippen LogP contribution in [0.15, 0.2) is 84.9 Å². The molecule has 172 valence electrons. The summed E-state index contributed by atoms with van der Waals surface area (Å²) in [6, 6.07) is 23.0. The lowest BCUT2D eigenvalue weighted by molar-refractivity contribution is -0.384. The number of hydrogen-bond acceptors (Lipinski definition) is 5. The monoisotopic (exact) mass is 456 g/mol. The summed E-state index contributed by atoms with van der Waals surface area (Å²) in [7, 11) is 0. The molecule has 1 fully saturated rings. The van der Waals surface area contributed by atoms with E-state index in [0.717, 1.165) is 18.8 Å². The number of hydrogen-bond donors (Lipinski definition) is 1. The van der Waals surface area contributed by atoms with Gasteiger partial charge in [0.05, 0.1) is 16.2 Å². The van der Waals surface area contributed by atoms with Gasteiger partial charge in [0.15, 0.2) is 0 Å². The van der Waals surface area contributed by atoms with Gasteiger partial charge in [-0.1, -0.05) is 42.5 Å². The zero-order valence-electron chi connectivity index (χ0n) is 18.5. The first kappa shape index (κ1) is 22.7. The van der Waals surface area contributed by atoms with Crippen molar-refractivity contribution in [1.29, 1.82) is 0 Å². The number of nitrogens with one attached hydrogen (secondary N) is 1. The third kappa shape index (κ3) is 5.47. The van der Waals surface area contributed by atoms with Gasteiger partial charge in [-0.25, -0.2) is 0 Å². The minimum atomic E-state index is -0.487. The maximum Gasteiger partial charge on any atom is 0.270 e. The van der Waals surface area contributed by atoms with Crippen molar-refractivity contribution in [2.75, 3.05) is 36.4 Å². The molecule has 8 heteroatoms. The molecule has 3 aromatic rings. The Morgan fingerprint density at radius 3 is 2.32 bits per heavy atom. The average Bonchev–Trinajstić information content (AvgIpc) is 2.88. The number of nitro groups is 1. The summed E-state index contributed by atoms with van der Waals surface area (Å²) in [4.78, 5) is 40.2. The number of anilines is 2. The number of carbonyl (C=O) groups is 2. The number of amides is 2. The molecule has 8 nitrogen and oxygen atoms in total. The maximum absolute atomic E-state index is 13.2. The van der Waals surface area contributed by atoms with E-state index in [-0.39, 0.29) is 11.6 Å². The Hall–Kier alpha value is -4.46. The summed E-state index contributed by atoms with van der Waals surface area (Å²) in [5.41, 5.74) is 2.47. The number of non-ortho nitro benzene ring substituents is 1. The third-order valence-corrected chi connectivity index (χ3v) is 5.61. The van der Waals surface area contributed by atoms with Crippen LogP contribution in [0.25, 0.3) is 6.08 Å². The summed E-state index contributed by atoms with van der Waals surface area (Å²) < 4.78 is 0. The molecule has 0 atom stereocenters. The molecule has 0 aliphatic carbocycles. The molecular weight excluding hydrogens is 432 g/mol. The molecule has 4 rings (SSSR count). The van der Waals surface area contributed by atoms with Crippen molar-refractivity contribution in [1.82, 2.24) is 4.90 Å². The van der Waals surface area contributed by atoms with Gasteiger partial charge in [-0.3, -0.25) is 19.7 Å². The first-order valence-corrected chi connectivity index (χ1v) is 10.9. The SMILES string of the molecule is O=C(/C=C/c1cccc([N+](=O)[O-])c1)Nc1ccccc1C(=O)N1CCN(c2ccccc2)CC1. The molecule has 0 bridgehead atoms. The van der Waals surface area contributed by atoms with Gasteiger partial charge in [0.25, 0.3) is 11.6 Å². The third-order valence-electron chi connectivity index (χ3n) is 5.61. The lowest BCUT2D eigenvalue weighted by Crippen LogP contribution is -2.48. The fourth-order valence-corrected chi connectivity index (χ4v) is 3.84. The van der Waals surface area contributed by atoms with Gasteiger partial charge in [-0.2, -0.15) is 0 Å². The number of carbonyl (C=O) groups excluding carboxylic acids is 2. The van der Waals surface area contributed by atoms with Crippen LogP contribution in [0.5, 0.6) is 0 Å². The molecule has 0 saturated carbocycles. The second-order valence-electron chi connectivity index (χ2n) is 7.84. The van der Waals surface area contributed by atoms with Gasteiger partial charge in [0.2, 0.25) is 5.91 Å². The Kier molecular flexibility index (Phi) is 6.98. The highest BCUT2D eigenvalue weighted by atomic mass is 16.6. The van der Waals surface area contributed by atoms with Gasteiger partial charge in [0, 0.05) is 50.1 Å². The largest absolute Gasteiger partial charge is 0.368 e. The first-order chi connectivity index (χ1) is 16.5. The Morgan fingerprint density at radius 2 is 1.59 bits per heavy atom. The topological polar surface area (TPSA) is 95.8 Å². The highest BCUT2D eigenvalue weighted by Crippen LogP contribution is 2.21. The van der Waals surface area contributed by atoms with Crippen molar-refractivity contribution < 1.29 is 14.5 Å². The van der Waals surface area contributed by atoms with Crippen molar-refractivity contribution in [2.24, 2.45) is 0 Å². The highest BCUT2D eigenvalue weighted by Gasteiger charge is 2.24. The predicted molar refractivity (Wildman–Crippen MR) is 132 cm³/mol. The van der Waals surface area contributed by atoms with E-state index >= 15 is 0 Å². The van der Waals surface area contributed by atoms with Crippen LogP contribution < -0.4 is 10.2 Å². The molecule has 1 aliphatic heterocycles. The summed E-state index contributed by atoms with van der Waals surface area (Å²) in [5.74, 6) is -0.563. The van der Waals surface area contributed by atoms with Crippen LogP contribution in [0.3, 0.4) is 0 Å². The number of benzene rings is 3. The van der Waals surface area contributed by atoms with E-state index in [0.29, 0.717) is 29.9 Å². The highest BCUT2D eigenvalue weighted by molar-refractivity contribution is 6.07. The molecule has 3 aromatic carbocycles. The lowest BCUT2D eigenvalue weighted by atomic mass is 10.1. The number of para-hydroxylation sites is 2. The molecule has 0 unspecified atom stereocenters. The minimum absolute atomic E-state index is 0.0501. The lowest BCUT2D eigenvalue weighted by Gasteiger charge is -2.36. The van der Waals surface area contributed by atoms with Crippen LogP contribution in [-0.2, 0) is 4.79 Å². The molecule has 2 amide bonds. The molecule has 1 aliphatic rings. The van der Waals surface area contributed by atoms with Crippen molar-refractivity contribution in [3.05, 3.63) is 106 Å². The average molecular weight is 457 g/mol. The van der Waals surface area contributed by atoms with Crippen LogP contribution in [-0.4, -0.2) is 47.8 Å². The fourth-order valence-electron chi connectivity index (χ4n) is 3.84. The summed E-state index contributed by atoms with van der Waals surface area (Å²) in [5, 5.41) is 13.7. The molecule has 0 spiro atoms. The Balaban J connectivity index is 1.40. The van der Waals surface area contributed by atoms with E-state index in [4.69, 9.17) is 0 Å². The van der Waals surface area contributed by atoms with E-state index in [9.17, 15) is 19.7 Å². The normalized spacial score (nSPS) is 13.6. The fraction of sp³-hybridized carbons (Fsp3) is 0.154. The zero-order valence-corrected chi connectivity index (χ0v) is 18.5. The molecule has 0 radical (unpaired) electrons. The van der Waals surface area contributed by atoms with E-state index in [1.807, 2.05) is 18.2 Å². The second-order valence-corrected chi connectivity index (χ2v) is 7.84. The number of piperazine rings is 1. The second kappa shape index (κ2) is 10.4. The van der Waals surface area contributed by atoms with Crippen LogP contribution >= 0.6 is 0 Å². The Labute approximate surface area is 197 Å². The first-order valence-electron chi connectivity index (χ1n) is 10.9. The summed E-state index contributed by atoms with van der Waals surface area (Å²) in [6.45, 7) is 2.64. The molecule has 1 saturated heterocycles. The van der Waals surface area contributed by atoms with Crippen molar-refractivity contribution in [3.63, 3.8) is 0 Å². The van der Waals surface area contributed by atoms with E-state index in [1.165, 1.54) is 24.3 Å². The van der Waals surface area contributed by atoms with Crippen molar-refractivity contribution in [3.8, 4) is 0 Å². The standard InChI is InChI=1S/C26H24N4O4/c31-25(14-13-20-7-6-10-22(19-20)30(33)34)27-24-12-5-4-11-23(24)26(32)29-17-15-28(16-18-29)21-8-2-1-3-9-21/h1-14,19H,15-18H2,(H,27,31)/b14-13+. The molecule has 0 aromatic heterocycles. The Morgan fingerprint density at radius 1 is 0.882 bits per heavy atom. The van der Waals surface area contributed by atoms with Gasteiger partial charge in [-0.15, -0.1) is 0 Å². The Bertz CT molecular complexity index is 1220. The van der Waals surface area contributed by atoms with Crippen molar-refractivity contribution >= 4 is 35.0 Å². The molecule has 1 N–H and O–H groups in total. The van der Waals surface area contributed by atoms with Gasteiger partial charge < -0.3 is 15.1 Å². The van der Waals surface area contributed by atoms with Crippen LogP contribution in [0, 0.1) is 10.1 Å². The van der Waals surface area contributed by atoms with E-state index in [2.05, 4.69) is 22.3 Å². The number of nitro benzene ring substituents is 1. The molecule has 34 heavy (non-hydrogen) atoms. The molecular formula is C26H24N4O4. The maximum atomic E-state index is 13.2. The number of rotatable bonds is 6. The quantitative estimate of drug-likeness (QED) is 0.341. The van der Waals surface area contributed by atoms with Gasteiger partial charge >= 0.3 is 0 Å². The minimum Gasteiger partial charge on any atom is -0.368 e.